The van der Waals surface area contributed by atoms with Gasteiger partial charge in [0.25, 0.3) is 0 Å². The normalized spacial score (nSPS) is 11.3. The maximum atomic E-state index is 5.30. The summed E-state index contributed by atoms with van der Waals surface area (Å²) in [7, 11) is 0. The molecule has 0 aliphatic heterocycles. The van der Waals surface area contributed by atoms with E-state index in [0.29, 0.717) is 11.8 Å². The van der Waals surface area contributed by atoms with Crippen LogP contribution in [-0.2, 0) is 4.74 Å². The molecular formula is C6H8Cl2O. The molecule has 9 heavy (non-hydrogen) atoms. The molecule has 0 spiro atoms. The topological polar surface area (TPSA) is 9.23 Å². The smallest absolute Gasteiger partial charge is 0.0873 e. The molecule has 0 rings (SSSR count). The number of rotatable bonds is 4. The van der Waals surface area contributed by atoms with Gasteiger partial charge in [-0.05, 0) is 12.2 Å². The Morgan fingerprint density at radius 1 is 1.00 bits per heavy atom. The van der Waals surface area contributed by atoms with Gasteiger partial charge in [-0.3, -0.25) is 0 Å². The third-order valence-electron chi connectivity index (χ3n) is 0.528. The molecular weight excluding hydrogens is 159 g/mol. The Balaban J connectivity index is 3.08. The van der Waals surface area contributed by atoms with Gasteiger partial charge in [0.05, 0.1) is 12.5 Å². The second-order valence-corrected chi connectivity index (χ2v) is 1.81. The first-order valence-corrected chi connectivity index (χ1v) is 3.56. The van der Waals surface area contributed by atoms with E-state index in [2.05, 4.69) is 0 Å². The molecule has 0 unspecified atom stereocenters. The highest BCUT2D eigenvalue weighted by Crippen LogP contribution is 1.83. The zero-order chi connectivity index (χ0) is 6.95. The fourth-order valence-corrected chi connectivity index (χ4v) is 0.375. The molecule has 0 heterocycles. The number of hydrogen-bond acceptors (Lipinski definition) is 1. The predicted octanol–water partition coefficient (Wildman–Crippen LogP) is 2.51. The van der Waals surface area contributed by atoms with Crippen LogP contribution in [0.3, 0.4) is 0 Å². The Morgan fingerprint density at radius 3 is 1.78 bits per heavy atom. The van der Waals surface area contributed by atoms with Gasteiger partial charge in [-0.2, -0.15) is 0 Å². The van der Waals surface area contributed by atoms with Gasteiger partial charge in [-0.1, -0.05) is 0 Å². The number of alkyl halides is 2. The summed E-state index contributed by atoms with van der Waals surface area (Å²) in [4.78, 5) is 0. The van der Waals surface area contributed by atoms with Gasteiger partial charge in [-0.15, -0.1) is 23.2 Å². The first kappa shape index (κ1) is 8.86. The molecule has 52 valence electrons. The molecule has 0 aliphatic rings. The summed E-state index contributed by atoms with van der Waals surface area (Å²) in [6, 6.07) is 0. The zero-order valence-corrected chi connectivity index (χ0v) is 6.40. The summed E-state index contributed by atoms with van der Waals surface area (Å²) < 4.78 is 4.78. The van der Waals surface area contributed by atoms with Gasteiger partial charge in [-0.25, -0.2) is 0 Å². The molecule has 0 fully saturated rings. The van der Waals surface area contributed by atoms with Crippen molar-refractivity contribution in [3.05, 3.63) is 24.7 Å². The SMILES string of the molecule is ClC/C=C/O/C=C/CCl. The van der Waals surface area contributed by atoms with Gasteiger partial charge in [0.1, 0.15) is 0 Å². The number of hydrogen-bond donors (Lipinski definition) is 0. The van der Waals surface area contributed by atoms with E-state index in [1.807, 2.05) is 0 Å². The van der Waals surface area contributed by atoms with Crippen molar-refractivity contribution in [2.24, 2.45) is 0 Å². The van der Waals surface area contributed by atoms with Crippen LogP contribution >= 0.6 is 23.2 Å². The Bertz CT molecular complexity index is 87.2. The van der Waals surface area contributed by atoms with Crippen molar-refractivity contribution in [3.63, 3.8) is 0 Å². The monoisotopic (exact) mass is 166 g/mol. The molecule has 0 N–H and O–H groups in total. The minimum absolute atomic E-state index is 0.467. The van der Waals surface area contributed by atoms with Crippen molar-refractivity contribution in [2.45, 2.75) is 0 Å². The minimum Gasteiger partial charge on any atom is -0.473 e. The quantitative estimate of drug-likeness (QED) is 0.461. The van der Waals surface area contributed by atoms with Crippen molar-refractivity contribution < 1.29 is 4.74 Å². The number of halogens is 2. The van der Waals surface area contributed by atoms with Gasteiger partial charge < -0.3 is 4.74 Å². The highest BCUT2D eigenvalue weighted by atomic mass is 35.5. The summed E-state index contributed by atoms with van der Waals surface area (Å²) in [5, 5.41) is 0. The van der Waals surface area contributed by atoms with E-state index < -0.39 is 0 Å². The van der Waals surface area contributed by atoms with Gasteiger partial charge in [0, 0.05) is 11.8 Å². The Morgan fingerprint density at radius 2 is 1.44 bits per heavy atom. The molecule has 0 aromatic carbocycles. The molecule has 0 aromatic rings. The van der Waals surface area contributed by atoms with E-state index in [-0.39, 0.29) is 0 Å². The van der Waals surface area contributed by atoms with Crippen LogP contribution in [0.25, 0.3) is 0 Å². The number of ether oxygens (including phenoxy) is 1. The maximum Gasteiger partial charge on any atom is 0.0873 e. The van der Waals surface area contributed by atoms with E-state index in [1.54, 1.807) is 12.2 Å². The van der Waals surface area contributed by atoms with Crippen LogP contribution in [0.4, 0.5) is 0 Å². The van der Waals surface area contributed by atoms with E-state index >= 15 is 0 Å². The third-order valence-corrected chi connectivity index (χ3v) is 0.884. The summed E-state index contributed by atoms with van der Waals surface area (Å²) in [6.07, 6.45) is 6.41. The first-order chi connectivity index (χ1) is 4.41. The lowest BCUT2D eigenvalue weighted by molar-refractivity contribution is 0.401. The lowest BCUT2D eigenvalue weighted by atomic mass is 10.7. The van der Waals surface area contributed by atoms with Crippen molar-refractivity contribution >= 4 is 23.2 Å². The first-order valence-electron chi connectivity index (χ1n) is 2.49. The summed E-state index contributed by atoms with van der Waals surface area (Å²) in [6.45, 7) is 0. The Hall–Kier alpha value is -0.140. The molecule has 0 amide bonds. The molecule has 3 heteroatoms. The van der Waals surface area contributed by atoms with Crippen LogP contribution in [-0.4, -0.2) is 11.8 Å². The van der Waals surface area contributed by atoms with Crippen LogP contribution in [0.2, 0.25) is 0 Å². The Labute approximate surface area is 64.9 Å². The summed E-state index contributed by atoms with van der Waals surface area (Å²) in [5.41, 5.74) is 0. The fourth-order valence-electron chi connectivity index (χ4n) is 0.229. The van der Waals surface area contributed by atoms with Crippen molar-refractivity contribution in [1.82, 2.24) is 0 Å². The van der Waals surface area contributed by atoms with Gasteiger partial charge in [0.15, 0.2) is 0 Å². The largest absolute Gasteiger partial charge is 0.473 e. The van der Waals surface area contributed by atoms with Crippen LogP contribution in [0, 0.1) is 0 Å². The van der Waals surface area contributed by atoms with E-state index in [0.717, 1.165) is 0 Å². The molecule has 0 saturated carbocycles. The van der Waals surface area contributed by atoms with Crippen LogP contribution < -0.4 is 0 Å². The maximum absolute atomic E-state index is 5.30. The number of allylic oxidation sites excluding steroid dienone is 2. The van der Waals surface area contributed by atoms with Gasteiger partial charge in [0.2, 0.25) is 0 Å². The van der Waals surface area contributed by atoms with E-state index in [9.17, 15) is 0 Å². The molecule has 0 atom stereocenters. The lowest BCUT2D eigenvalue weighted by Gasteiger charge is -1.85. The van der Waals surface area contributed by atoms with Gasteiger partial charge >= 0.3 is 0 Å². The highest BCUT2D eigenvalue weighted by molar-refractivity contribution is 6.19. The fraction of sp³-hybridized carbons (Fsp3) is 0.333. The van der Waals surface area contributed by atoms with Crippen molar-refractivity contribution in [1.29, 1.82) is 0 Å². The average Bonchev–Trinajstić information content (AvgIpc) is 1.89. The minimum atomic E-state index is 0.467. The third kappa shape index (κ3) is 7.86. The second-order valence-electron chi connectivity index (χ2n) is 1.19. The molecule has 0 aromatic heterocycles. The standard InChI is InChI=1S/C6H8Cl2O/c7-3-1-5-9-6-2-4-8/h1-2,5-6H,3-4H2/b5-1+,6-2+. The van der Waals surface area contributed by atoms with Crippen LogP contribution in [0.1, 0.15) is 0 Å². The van der Waals surface area contributed by atoms with Crippen LogP contribution in [0.5, 0.6) is 0 Å². The van der Waals surface area contributed by atoms with E-state index in [1.165, 1.54) is 12.5 Å². The molecule has 0 radical (unpaired) electrons. The molecule has 0 bridgehead atoms. The van der Waals surface area contributed by atoms with Crippen molar-refractivity contribution in [3.8, 4) is 0 Å². The van der Waals surface area contributed by atoms with Crippen LogP contribution in [0.15, 0.2) is 24.7 Å². The second kappa shape index (κ2) is 7.86. The predicted molar refractivity (Wildman–Crippen MR) is 40.8 cm³/mol. The molecule has 1 nitrogen and oxygen atoms in total. The van der Waals surface area contributed by atoms with E-state index in [4.69, 9.17) is 27.9 Å². The molecule has 0 saturated heterocycles. The zero-order valence-electron chi connectivity index (χ0n) is 4.89. The summed E-state index contributed by atoms with van der Waals surface area (Å²) in [5.74, 6) is 0.934. The Kier molecular flexibility index (Phi) is 7.74. The average molecular weight is 167 g/mol. The highest BCUT2D eigenvalue weighted by Gasteiger charge is 1.68. The molecule has 0 aliphatic carbocycles. The van der Waals surface area contributed by atoms with Crippen molar-refractivity contribution in [2.75, 3.05) is 11.8 Å². The lowest BCUT2D eigenvalue weighted by Crippen LogP contribution is -1.67. The summed E-state index contributed by atoms with van der Waals surface area (Å²) >= 11 is 10.6.